The molecule has 1 aliphatic rings. The second-order valence-corrected chi connectivity index (χ2v) is 7.75. The van der Waals surface area contributed by atoms with E-state index in [0.717, 1.165) is 11.1 Å². The van der Waals surface area contributed by atoms with Crippen LogP contribution < -0.4 is 9.47 Å². The number of nitrogens with zero attached hydrogens (tertiary/aromatic N) is 2. The summed E-state index contributed by atoms with van der Waals surface area (Å²) in [7, 11) is 3.12. The Morgan fingerprint density at radius 3 is 2.45 bits per heavy atom. The van der Waals surface area contributed by atoms with Crippen LogP contribution in [0.4, 0.5) is 0 Å². The van der Waals surface area contributed by atoms with Gasteiger partial charge in [-0.25, -0.2) is 0 Å². The number of hydrogen-bond acceptors (Lipinski definition) is 6. The Morgan fingerprint density at radius 1 is 1.03 bits per heavy atom. The number of aromatic nitrogens is 1. The fourth-order valence-corrected chi connectivity index (χ4v) is 4.07. The molecule has 1 saturated heterocycles. The summed E-state index contributed by atoms with van der Waals surface area (Å²) in [5.41, 5.74) is 2.64. The standard InChI is InChI=1S/C26H24N2O5/c1-16-12-20(33-3)9-10-21(16)24(29)22-23(18-7-5-11-27-14-18)28(26(31)25(22)30)15-17-6-4-8-19(13-17)32-2/h4-14,23,29H,15H2,1-3H3/b24-22-. The van der Waals surface area contributed by atoms with E-state index in [1.165, 1.54) is 4.90 Å². The fourth-order valence-electron chi connectivity index (χ4n) is 4.07. The number of rotatable bonds is 6. The van der Waals surface area contributed by atoms with Crippen LogP contribution in [0.25, 0.3) is 5.76 Å². The van der Waals surface area contributed by atoms with Gasteiger partial charge in [0.1, 0.15) is 17.3 Å². The van der Waals surface area contributed by atoms with Gasteiger partial charge >= 0.3 is 0 Å². The van der Waals surface area contributed by atoms with E-state index in [9.17, 15) is 14.7 Å². The number of methoxy groups -OCH3 is 2. The summed E-state index contributed by atoms with van der Waals surface area (Å²) >= 11 is 0. The van der Waals surface area contributed by atoms with Crippen molar-refractivity contribution >= 4 is 17.4 Å². The van der Waals surface area contributed by atoms with Gasteiger partial charge in [0.2, 0.25) is 0 Å². The molecule has 0 radical (unpaired) electrons. The maximum atomic E-state index is 13.2. The number of carbonyl (C=O) groups excluding carboxylic acids is 2. The van der Waals surface area contributed by atoms with Crippen molar-refractivity contribution in [2.45, 2.75) is 19.5 Å². The zero-order valence-corrected chi connectivity index (χ0v) is 18.6. The smallest absolute Gasteiger partial charge is 0.295 e. The van der Waals surface area contributed by atoms with Crippen LogP contribution in [0, 0.1) is 6.92 Å². The predicted molar refractivity (Wildman–Crippen MR) is 123 cm³/mol. The van der Waals surface area contributed by atoms with Gasteiger partial charge in [-0.05, 0) is 60.0 Å². The topological polar surface area (TPSA) is 89.0 Å². The molecule has 1 unspecified atom stereocenters. The molecule has 2 heterocycles. The minimum absolute atomic E-state index is 0.0316. The van der Waals surface area contributed by atoms with Crippen LogP contribution in [0.1, 0.15) is 28.3 Å². The molecule has 0 spiro atoms. The highest BCUT2D eigenvalue weighted by atomic mass is 16.5. The number of likely N-dealkylation sites (tertiary alicyclic amines) is 1. The highest BCUT2D eigenvalue weighted by molar-refractivity contribution is 6.46. The number of carbonyl (C=O) groups is 2. The molecule has 0 bridgehead atoms. The van der Waals surface area contributed by atoms with E-state index in [1.807, 2.05) is 31.2 Å². The van der Waals surface area contributed by atoms with Crippen molar-refractivity contribution < 1.29 is 24.2 Å². The molecule has 1 atom stereocenters. The Bertz CT molecular complexity index is 1240. The number of aryl methyl sites for hydroxylation is 1. The number of aliphatic hydroxyl groups is 1. The van der Waals surface area contributed by atoms with Gasteiger partial charge < -0.3 is 19.5 Å². The average molecular weight is 444 g/mol. The monoisotopic (exact) mass is 444 g/mol. The molecule has 3 aromatic rings. The SMILES string of the molecule is COc1cccc(CN2C(=O)C(=O)/C(=C(\O)c3ccc(OC)cc3C)C2c2cccnc2)c1. The summed E-state index contributed by atoms with van der Waals surface area (Å²) in [6.45, 7) is 1.97. The highest BCUT2D eigenvalue weighted by Crippen LogP contribution is 2.40. The predicted octanol–water partition coefficient (Wildman–Crippen LogP) is 4.03. The number of hydrogen-bond donors (Lipinski definition) is 1. The highest BCUT2D eigenvalue weighted by Gasteiger charge is 2.46. The molecular formula is C26H24N2O5. The number of ether oxygens (including phenoxy) is 2. The molecule has 7 heteroatoms. The maximum Gasteiger partial charge on any atom is 0.295 e. The van der Waals surface area contributed by atoms with E-state index in [-0.39, 0.29) is 17.9 Å². The van der Waals surface area contributed by atoms with E-state index < -0.39 is 17.7 Å². The maximum absolute atomic E-state index is 13.2. The molecule has 33 heavy (non-hydrogen) atoms. The number of amides is 1. The van der Waals surface area contributed by atoms with Crippen LogP contribution in [0.2, 0.25) is 0 Å². The third-order valence-corrected chi connectivity index (χ3v) is 5.72. The van der Waals surface area contributed by atoms with Gasteiger partial charge in [0.05, 0.1) is 25.8 Å². The van der Waals surface area contributed by atoms with Gasteiger partial charge in [0, 0.05) is 24.5 Å². The first-order chi connectivity index (χ1) is 15.9. The number of pyridine rings is 1. The second kappa shape index (κ2) is 9.16. The molecule has 2 aromatic carbocycles. The van der Waals surface area contributed by atoms with E-state index in [0.29, 0.717) is 22.6 Å². The van der Waals surface area contributed by atoms with Crippen molar-refractivity contribution in [2.75, 3.05) is 14.2 Å². The molecule has 1 aliphatic heterocycles. The number of benzene rings is 2. The molecule has 1 amide bonds. The first-order valence-corrected chi connectivity index (χ1v) is 10.4. The molecule has 1 aromatic heterocycles. The number of Topliss-reactive ketones (excluding diaryl/α,β-unsaturated/α-hetero) is 1. The van der Waals surface area contributed by atoms with Gasteiger partial charge in [-0.1, -0.05) is 18.2 Å². The van der Waals surface area contributed by atoms with Crippen molar-refractivity contribution in [3.8, 4) is 11.5 Å². The lowest BCUT2D eigenvalue weighted by molar-refractivity contribution is -0.140. The van der Waals surface area contributed by atoms with Crippen molar-refractivity contribution in [1.82, 2.24) is 9.88 Å². The lowest BCUT2D eigenvalue weighted by Crippen LogP contribution is -2.29. The van der Waals surface area contributed by atoms with Crippen LogP contribution in [-0.2, 0) is 16.1 Å². The molecule has 1 fully saturated rings. The zero-order valence-electron chi connectivity index (χ0n) is 18.6. The second-order valence-electron chi connectivity index (χ2n) is 7.75. The molecule has 7 nitrogen and oxygen atoms in total. The van der Waals surface area contributed by atoms with Gasteiger partial charge in [-0.15, -0.1) is 0 Å². The van der Waals surface area contributed by atoms with Crippen molar-refractivity contribution in [3.05, 3.63) is 94.8 Å². The summed E-state index contributed by atoms with van der Waals surface area (Å²) in [4.78, 5) is 31.9. The molecular weight excluding hydrogens is 420 g/mol. The quantitative estimate of drug-likeness (QED) is 0.351. The lowest BCUT2D eigenvalue weighted by atomic mass is 9.94. The molecule has 1 N–H and O–H groups in total. The molecule has 0 aliphatic carbocycles. The van der Waals surface area contributed by atoms with Gasteiger partial charge in [-0.3, -0.25) is 14.6 Å². The van der Waals surface area contributed by atoms with Crippen LogP contribution in [0.15, 0.2) is 72.6 Å². The molecule has 4 rings (SSSR count). The normalized spacial score (nSPS) is 17.3. The van der Waals surface area contributed by atoms with Crippen LogP contribution in [0.3, 0.4) is 0 Å². The Labute approximate surface area is 191 Å². The molecule has 0 saturated carbocycles. The number of aliphatic hydroxyl groups excluding tert-OH is 1. The van der Waals surface area contributed by atoms with Gasteiger partial charge in [0.25, 0.3) is 11.7 Å². The van der Waals surface area contributed by atoms with Gasteiger partial charge in [0.15, 0.2) is 0 Å². The van der Waals surface area contributed by atoms with Crippen LogP contribution in [-0.4, -0.2) is 40.9 Å². The summed E-state index contributed by atoms with van der Waals surface area (Å²) in [6, 6.07) is 15.2. The summed E-state index contributed by atoms with van der Waals surface area (Å²) in [6.07, 6.45) is 3.22. The first-order valence-electron chi connectivity index (χ1n) is 10.4. The fraction of sp³-hybridized carbons (Fsp3) is 0.192. The largest absolute Gasteiger partial charge is 0.507 e. The summed E-state index contributed by atoms with van der Waals surface area (Å²) in [5, 5.41) is 11.2. The van der Waals surface area contributed by atoms with Crippen molar-refractivity contribution in [2.24, 2.45) is 0 Å². The first kappa shape index (κ1) is 22.1. The van der Waals surface area contributed by atoms with Crippen LogP contribution >= 0.6 is 0 Å². The summed E-state index contributed by atoms with van der Waals surface area (Å²) in [5.74, 6) is -0.364. The minimum atomic E-state index is -0.786. The third-order valence-electron chi connectivity index (χ3n) is 5.72. The Balaban J connectivity index is 1.85. The minimum Gasteiger partial charge on any atom is -0.507 e. The van der Waals surface area contributed by atoms with Crippen LogP contribution in [0.5, 0.6) is 11.5 Å². The van der Waals surface area contributed by atoms with Gasteiger partial charge in [-0.2, -0.15) is 0 Å². The van der Waals surface area contributed by atoms with Crippen molar-refractivity contribution in [1.29, 1.82) is 0 Å². The zero-order chi connectivity index (χ0) is 23.5. The summed E-state index contributed by atoms with van der Waals surface area (Å²) < 4.78 is 10.5. The van der Waals surface area contributed by atoms with E-state index in [1.54, 1.807) is 56.9 Å². The third kappa shape index (κ3) is 4.17. The molecule has 168 valence electrons. The van der Waals surface area contributed by atoms with Crippen molar-refractivity contribution in [3.63, 3.8) is 0 Å². The average Bonchev–Trinajstić information content (AvgIpc) is 3.09. The van der Waals surface area contributed by atoms with E-state index in [2.05, 4.69) is 4.98 Å². The lowest BCUT2D eigenvalue weighted by Gasteiger charge is -2.25. The Kier molecular flexibility index (Phi) is 6.13. The Hall–Kier alpha value is -4.13. The van der Waals surface area contributed by atoms with E-state index in [4.69, 9.17) is 9.47 Å². The number of ketones is 1. The van der Waals surface area contributed by atoms with E-state index >= 15 is 0 Å². The Morgan fingerprint density at radius 2 is 1.79 bits per heavy atom.